The number of rotatable bonds is 8. The molecule has 0 saturated carbocycles. The number of carbonyl (C=O) groups excluding carboxylic acids is 2. The first-order chi connectivity index (χ1) is 7.06. The molecule has 6 nitrogen and oxygen atoms in total. The predicted octanol–water partition coefficient (Wildman–Crippen LogP) is 0.348. The van der Waals surface area contributed by atoms with Gasteiger partial charge in [0.2, 0.25) is 0 Å². The van der Waals surface area contributed by atoms with E-state index >= 15 is 0 Å². The smallest absolute Gasteiger partial charge is 0.308 e. The van der Waals surface area contributed by atoms with Crippen LogP contribution in [0.2, 0.25) is 0 Å². The topological polar surface area (TPSA) is 89.9 Å². The Morgan fingerprint density at radius 3 is 2.20 bits per heavy atom. The van der Waals surface area contributed by atoms with Crippen LogP contribution in [0.3, 0.4) is 0 Å². The van der Waals surface area contributed by atoms with E-state index < -0.39 is 11.9 Å². The van der Waals surface area contributed by atoms with Gasteiger partial charge in [0.15, 0.2) is 6.79 Å². The van der Waals surface area contributed by atoms with Crippen molar-refractivity contribution in [2.24, 2.45) is 0 Å². The summed E-state index contributed by atoms with van der Waals surface area (Å²) in [7, 11) is 1.38. The highest BCUT2D eigenvalue weighted by atomic mass is 16.7. The largest absolute Gasteiger partial charge is 0.481 e. The minimum Gasteiger partial charge on any atom is -0.481 e. The van der Waals surface area contributed by atoms with Crippen molar-refractivity contribution in [3.05, 3.63) is 0 Å². The summed E-state index contributed by atoms with van der Waals surface area (Å²) in [5, 5.41) is 8.30. The lowest BCUT2D eigenvalue weighted by molar-refractivity contribution is -0.154. The summed E-state index contributed by atoms with van der Waals surface area (Å²) in [6, 6.07) is 0. The number of carboxylic acid groups (broad SMARTS) is 1. The fourth-order valence-corrected chi connectivity index (χ4v) is 0.810. The molecule has 0 spiro atoms. The van der Waals surface area contributed by atoms with Gasteiger partial charge in [-0.1, -0.05) is 0 Å². The zero-order valence-electron chi connectivity index (χ0n) is 8.52. The lowest BCUT2D eigenvalue weighted by Gasteiger charge is -2.02. The third kappa shape index (κ3) is 8.89. The molecule has 0 aromatic rings. The number of methoxy groups -OCH3 is 1. The van der Waals surface area contributed by atoms with E-state index in [0.29, 0.717) is 0 Å². The molecular weight excluding hydrogens is 204 g/mol. The number of ketones is 1. The molecule has 0 saturated heterocycles. The Kier molecular flexibility index (Phi) is 7.17. The Bertz CT molecular complexity index is 235. The van der Waals surface area contributed by atoms with E-state index in [9.17, 15) is 14.4 Å². The van der Waals surface area contributed by atoms with E-state index in [1.165, 1.54) is 7.11 Å². The first-order valence-electron chi connectivity index (χ1n) is 4.44. The molecule has 0 aromatic carbocycles. The molecule has 0 heterocycles. The van der Waals surface area contributed by atoms with Gasteiger partial charge in [0, 0.05) is 20.0 Å². The van der Waals surface area contributed by atoms with Crippen molar-refractivity contribution in [3.63, 3.8) is 0 Å². The number of Topliss-reactive ketones (excluding diaryl/α,β-unsaturated/α-hetero) is 1. The second-order valence-electron chi connectivity index (χ2n) is 2.86. The van der Waals surface area contributed by atoms with Gasteiger partial charge in [-0.3, -0.25) is 14.4 Å². The van der Waals surface area contributed by atoms with Gasteiger partial charge >= 0.3 is 11.9 Å². The lowest BCUT2D eigenvalue weighted by Crippen LogP contribution is -2.10. The van der Waals surface area contributed by atoms with Crippen LogP contribution in [0.25, 0.3) is 0 Å². The number of aliphatic carboxylic acids is 1. The van der Waals surface area contributed by atoms with Gasteiger partial charge in [0.25, 0.3) is 0 Å². The maximum absolute atomic E-state index is 11.0. The van der Waals surface area contributed by atoms with E-state index in [0.717, 1.165) is 0 Å². The van der Waals surface area contributed by atoms with Crippen LogP contribution in [-0.4, -0.2) is 36.7 Å². The van der Waals surface area contributed by atoms with E-state index in [1.54, 1.807) is 0 Å². The first-order valence-corrected chi connectivity index (χ1v) is 4.44. The Balaban J connectivity index is 3.53. The van der Waals surface area contributed by atoms with Gasteiger partial charge in [0.1, 0.15) is 5.78 Å². The molecule has 0 aliphatic carbocycles. The Hall–Kier alpha value is -1.43. The molecule has 0 aromatic heterocycles. The highest BCUT2D eigenvalue weighted by molar-refractivity contribution is 5.85. The van der Waals surface area contributed by atoms with Crippen molar-refractivity contribution in [3.8, 4) is 0 Å². The molecule has 15 heavy (non-hydrogen) atoms. The van der Waals surface area contributed by atoms with Crippen LogP contribution in [0, 0.1) is 0 Å². The Morgan fingerprint density at radius 1 is 1.07 bits per heavy atom. The zero-order valence-corrected chi connectivity index (χ0v) is 8.52. The van der Waals surface area contributed by atoms with Crippen LogP contribution in [0.5, 0.6) is 0 Å². The predicted molar refractivity (Wildman–Crippen MR) is 49.1 cm³/mol. The number of hydrogen-bond acceptors (Lipinski definition) is 5. The Labute approximate surface area is 87.2 Å². The fraction of sp³-hybridized carbons (Fsp3) is 0.667. The van der Waals surface area contributed by atoms with Crippen LogP contribution >= 0.6 is 0 Å². The average Bonchev–Trinajstić information content (AvgIpc) is 2.20. The average molecular weight is 218 g/mol. The molecule has 0 rings (SSSR count). The zero-order chi connectivity index (χ0) is 11.7. The molecule has 0 aliphatic heterocycles. The first kappa shape index (κ1) is 13.6. The highest BCUT2D eigenvalue weighted by Crippen LogP contribution is 2.00. The third-order valence-corrected chi connectivity index (χ3v) is 1.56. The normalized spacial score (nSPS) is 9.67. The summed E-state index contributed by atoms with van der Waals surface area (Å²) in [4.78, 5) is 32.0. The number of hydrogen-bond donors (Lipinski definition) is 1. The van der Waals surface area contributed by atoms with Crippen molar-refractivity contribution in [1.82, 2.24) is 0 Å². The van der Waals surface area contributed by atoms with Crippen LogP contribution in [0.15, 0.2) is 0 Å². The van der Waals surface area contributed by atoms with Gasteiger partial charge in [-0.2, -0.15) is 0 Å². The second kappa shape index (κ2) is 7.93. The third-order valence-electron chi connectivity index (χ3n) is 1.56. The van der Waals surface area contributed by atoms with Crippen molar-refractivity contribution in [1.29, 1.82) is 0 Å². The van der Waals surface area contributed by atoms with Crippen LogP contribution in [0.4, 0.5) is 0 Å². The monoisotopic (exact) mass is 218 g/mol. The molecule has 0 fully saturated rings. The lowest BCUT2D eigenvalue weighted by atomic mass is 10.1. The SMILES string of the molecule is COCOC(=O)CCC(=O)CCC(=O)O. The summed E-state index contributed by atoms with van der Waals surface area (Å²) in [6.07, 6.45) is -0.281. The van der Waals surface area contributed by atoms with Crippen LogP contribution in [0.1, 0.15) is 25.7 Å². The van der Waals surface area contributed by atoms with Crippen LogP contribution < -0.4 is 0 Å². The summed E-state index contributed by atoms with van der Waals surface area (Å²) >= 11 is 0. The summed E-state index contributed by atoms with van der Waals surface area (Å²) in [6.45, 7) is -0.137. The summed E-state index contributed by atoms with van der Waals surface area (Å²) in [5.41, 5.74) is 0. The molecule has 0 radical (unpaired) electrons. The maximum atomic E-state index is 11.0. The van der Waals surface area contributed by atoms with Gasteiger partial charge in [-0.25, -0.2) is 0 Å². The minimum absolute atomic E-state index is 0.00975. The number of esters is 1. The number of carbonyl (C=O) groups is 3. The number of carboxylic acids is 1. The van der Waals surface area contributed by atoms with Gasteiger partial charge in [-0.05, 0) is 0 Å². The van der Waals surface area contributed by atoms with Crippen molar-refractivity contribution in [2.75, 3.05) is 13.9 Å². The van der Waals surface area contributed by atoms with Crippen molar-refractivity contribution >= 4 is 17.7 Å². The molecule has 0 unspecified atom stereocenters. The van der Waals surface area contributed by atoms with Crippen LogP contribution in [-0.2, 0) is 23.9 Å². The summed E-state index contributed by atoms with van der Waals surface area (Å²) in [5.74, 6) is -1.81. The van der Waals surface area contributed by atoms with Crippen molar-refractivity contribution < 1.29 is 29.0 Å². The molecule has 0 atom stereocenters. The van der Waals surface area contributed by atoms with E-state index in [4.69, 9.17) is 5.11 Å². The minimum atomic E-state index is -1.02. The number of ether oxygens (including phenoxy) is 2. The standard InChI is InChI=1S/C9H14O6/c1-14-6-15-9(13)5-3-7(10)2-4-8(11)12/h2-6H2,1H3,(H,11,12). The van der Waals surface area contributed by atoms with E-state index in [-0.39, 0.29) is 38.3 Å². The molecule has 0 amide bonds. The molecule has 0 bridgehead atoms. The molecular formula is C9H14O6. The fourth-order valence-electron chi connectivity index (χ4n) is 0.810. The molecule has 1 N–H and O–H groups in total. The maximum Gasteiger partial charge on any atom is 0.308 e. The summed E-state index contributed by atoms with van der Waals surface area (Å²) < 4.78 is 9.03. The molecule has 6 heteroatoms. The van der Waals surface area contributed by atoms with E-state index in [2.05, 4.69) is 9.47 Å². The van der Waals surface area contributed by atoms with Gasteiger partial charge in [0.05, 0.1) is 12.8 Å². The quantitative estimate of drug-likeness (QED) is 0.467. The molecule has 0 aliphatic rings. The highest BCUT2D eigenvalue weighted by Gasteiger charge is 2.09. The van der Waals surface area contributed by atoms with Gasteiger partial charge < -0.3 is 14.6 Å². The Morgan fingerprint density at radius 2 is 1.67 bits per heavy atom. The van der Waals surface area contributed by atoms with Crippen molar-refractivity contribution in [2.45, 2.75) is 25.7 Å². The molecule has 86 valence electrons. The van der Waals surface area contributed by atoms with E-state index in [1.807, 2.05) is 0 Å². The second-order valence-corrected chi connectivity index (χ2v) is 2.86. The van der Waals surface area contributed by atoms with Gasteiger partial charge in [-0.15, -0.1) is 0 Å².